The molecule has 1 aromatic carbocycles. The molecule has 5 nitrogen and oxygen atoms in total. The summed E-state index contributed by atoms with van der Waals surface area (Å²) in [6, 6.07) is 7.35. The maximum absolute atomic E-state index is 10.1. The summed E-state index contributed by atoms with van der Waals surface area (Å²) >= 11 is 0. The van der Waals surface area contributed by atoms with Crippen LogP contribution in [0.4, 0.5) is 5.69 Å². The lowest BCUT2D eigenvalue weighted by Gasteiger charge is -2.33. The van der Waals surface area contributed by atoms with Crippen molar-refractivity contribution in [2.45, 2.75) is 31.2 Å². The van der Waals surface area contributed by atoms with Crippen LogP contribution in [0.1, 0.15) is 12.8 Å². The van der Waals surface area contributed by atoms with E-state index in [1.54, 1.807) is 6.07 Å². The summed E-state index contributed by atoms with van der Waals surface area (Å²) in [6.07, 6.45) is 2.49. The van der Waals surface area contributed by atoms with Gasteiger partial charge in [0, 0.05) is 19.6 Å². The number of morpholine rings is 1. The lowest BCUT2D eigenvalue weighted by atomic mass is 10.2. The number of nitrogens with zero attached hydrogens (tertiary/aromatic N) is 1. The molecule has 1 aromatic rings. The summed E-state index contributed by atoms with van der Waals surface area (Å²) in [5.74, 6) is 0.633. The molecule has 0 aliphatic carbocycles. The van der Waals surface area contributed by atoms with Gasteiger partial charge in [-0.25, -0.2) is 0 Å². The molecule has 2 saturated heterocycles. The highest BCUT2D eigenvalue weighted by Crippen LogP contribution is 2.26. The lowest BCUT2D eigenvalue weighted by Crippen LogP contribution is -2.46. The van der Waals surface area contributed by atoms with Crippen molar-refractivity contribution in [2.75, 3.05) is 32.0 Å². The average molecular weight is 278 g/mol. The second kappa shape index (κ2) is 5.99. The number of hydrogen-bond acceptors (Lipinski definition) is 5. The summed E-state index contributed by atoms with van der Waals surface area (Å²) in [4.78, 5) is 2.27. The molecule has 3 N–H and O–H groups in total. The summed E-state index contributed by atoms with van der Waals surface area (Å²) in [7, 11) is 0. The molecule has 0 spiro atoms. The van der Waals surface area contributed by atoms with Crippen molar-refractivity contribution in [3.8, 4) is 5.75 Å². The minimum absolute atomic E-state index is 0.265. The van der Waals surface area contributed by atoms with E-state index in [1.165, 1.54) is 0 Å². The van der Waals surface area contributed by atoms with Gasteiger partial charge in [0.25, 0.3) is 0 Å². The van der Waals surface area contributed by atoms with Gasteiger partial charge in [-0.3, -0.25) is 4.90 Å². The fraction of sp³-hybridized carbons (Fsp3) is 0.600. The van der Waals surface area contributed by atoms with Gasteiger partial charge < -0.3 is 20.3 Å². The molecular formula is C15H22N2O3. The topological polar surface area (TPSA) is 68.0 Å². The fourth-order valence-corrected chi connectivity index (χ4v) is 3.00. The Morgan fingerprint density at radius 2 is 2.00 bits per heavy atom. The van der Waals surface area contributed by atoms with Crippen molar-refractivity contribution in [1.29, 1.82) is 0 Å². The van der Waals surface area contributed by atoms with Crippen molar-refractivity contribution >= 4 is 5.69 Å². The fourth-order valence-electron chi connectivity index (χ4n) is 3.00. The van der Waals surface area contributed by atoms with Crippen LogP contribution in [0.3, 0.4) is 0 Å². The maximum atomic E-state index is 10.1. The molecule has 3 atom stereocenters. The number of benzene rings is 1. The minimum Gasteiger partial charge on any atom is -0.489 e. The highest BCUT2D eigenvalue weighted by molar-refractivity contribution is 5.51. The molecule has 0 saturated carbocycles. The molecule has 20 heavy (non-hydrogen) atoms. The van der Waals surface area contributed by atoms with E-state index in [0.717, 1.165) is 25.9 Å². The van der Waals surface area contributed by atoms with Crippen LogP contribution >= 0.6 is 0 Å². The monoisotopic (exact) mass is 278 g/mol. The van der Waals surface area contributed by atoms with Crippen LogP contribution in [-0.4, -0.2) is 54.6 Å². The van der Waals surface area contributed by atoms with E-state index in [4.69, 9.17) is 15.2 Å². The number of para-hydroxylation sites is 2. The third-order valence-corrected chi connectivity index (χ3v) is 3.94. The van der Waals surface area contributed by atoms with Crippen molar-refractivity contribution in [2.24, 2.45) is 0 Å². The van der Waals surface area contributed by atoms with Crippen LogP contribution in [0, 0.1) is 0 Å². The van der Waals surface area contributed by atoms with Gasteiger partial charge in [-0.1, -0.05) is 12.1 Å². The van der Waals surface area contributed by atoms with Crippen molar-refractivity contribution < 1.29 is 14.6 Å². The number of fused-ring (bicyclic) bond motifs is 2. The zero-order valence-corrected chi connectivity index (χ0v) is 11.6. The highest BCUT2D eigenvalue weighted by atomic mass is 16.5. The molecule has 3 rings (SSSR count). The van der Waals surface area contributed by atoms with E-state index >= 15 is 0 Å². The number of ether oxygens (including phenoxy) is 2. The maximum Gasteiger partial charge on any atom is 0.142 e. The number of aliphatic hydroxyl groups is 1. The highest BCUT2D eigenvalue weighted by Gasteiger charge is 2.34. The first kappa shape index (κ1) is 13.7. The van der Waals surface area contributed by atoms with Gasteiger partial charge in [-0.15, -0.1) is 0 Å². The second-order valence-corrected chi connectivity index (χ2v) is 5.68. The molecule has 2 heterocycles. The molecule has 0 radical (unpaired) electrons. The molecule has 2 aliphatic heterocycles. The van der Waals surface area contributed by atoms with Gasteiger partial charge in [0.15, 0.2) is 0 Å². The first-order chi connectivity index (χ1) is 9.70. The van der Waals surface area contributed by atoms with Crippen molar-refractivity contribution in [3.63, 3.8) is 0 Å². The number of aliphatic hydroxyl groups excluding tert-OH is 1. The van der Waals surface area contributed by atoms with Gasteiger partial charge in [-0.2, -0.15) is 0 Å². The Morgan fingerprint density at radius 1 is 1.30 bits per heavy atom. The third-order valence-electron chi connectivity index (χ3n) is 3.94. The molecular weight excluding hydrogens is 256 g/mol. The van der Waals surface area contributed by atoms with Gasteiger partial charge >= 0.3 is 0 Å². The Bertz CT molecular complexity index is 442. The number of anilines is 1. The summed E-state index contributed by atoms with van der Waals surface area (Å²) in [6.45, 7) is 2.73. The molecule has 2 aliphatic rings. The van der Waals surface area contributed by atoms with Crippen LogP contribution in [0.15, 0.2) is 24.3 Å². The molecule has 5 heteroatoms. The van der Waals surface area contributed by atoms with Gasteiger partial charge in [0.05, 0.1) is 17.9 Å². The first-order valence-electron chi connectivity index (χ1n) is 7.24. The van der Waals surface area contributed by atoms with Crippen LogP contribution in [-0.2, 0) is 4.74 Å². The van der Waals surface area contributed by atoms with E-state index < -0.39 is 6.10 Å². The van der Waals surface area contributed by atoms with E-state index in [0.29, 0.717) is 30.2 Å². The third kappa shape index (κ3) is 3.23. The molecule has 3 unspecified atom stereocenters. The van der Waals surface area contributed by atoms with E-state index in [9.17, 15) is 5.11 Å². The van der Waals surface area contributed by atoms with Crippen LogP contribution in [0.25, 0.3) is 0 Å². The summed E-state index contributed by atoms with van der Waals surface area (Å²) in [5.41, 5.74) is 6.40. The van der Waals surface area contributed by atoms with E-state index in [-0.39, 0.29) is 6.61 Å². The Balaban J connectivity index is 1.45. The first-order valence-corrected chi connectivity index (χ1v) is 7.24. The molecule has 110 valence electrons. The SMILES string of the molecule is Nc1ccccc1OCC(O)CN1CC2CCC(C1)O2. The van der Waals surface area contributed by atoms with Crippen LogP contribution < -0.4 is 10.5 Å². The Hall–Kier alpha value is -1.30. The predicted molar refractivity (Wildman–Crippen MR) is 76.7 cm³/mol. The zero-order valence-electron chi connectivity index (χ0n) is 11.6. The Morgan fingerprint density at radius 3 is 2.70 bits per heavy atom. The standard InChI is InChI=1S/C15H22N2O3/c16-14-3-1-2-4-15(14)19-10-11(18)7-17-8-12-5-6-13(9-17)20-12/h1-4,11-13,18H,5-10,16H2. The minimum atomic E-state index is -0.507. The molecule has 0 aromatic heterocycles. The average Bonchev–Trinajstić information content (AvgIpc) is 2.77. The van der Waals surface area contributed by atoms with Crippen LogP contribution in [0.2, 0.25) is 0 Å². The molecule has 2 fully saturated rings. The Labute approximate surface area is 119 Å². The predicted octanol–water partition coefficient (Wildman–Crippen LogP) is 0.872. The number of likely N-dealkylation sites (tertiary alicyclic amines) is 1. The second-order valence-electron chi connectivity index (χ2n) is 5.68. The van der Waals surface area contributed by atoms with Gasteiger partial charge in [0.2, 0.25) is 0 Å². The number of hydrogen-bond donors (Lipinski definition) is 2. The van der Waals surface area contributed by atoms with Crippen LogP contribution in [0.5, 0.6) is 5.75 Å². The van der Waals surface area contributed by atoms with Crippen molar-refractivity contribution in [3.05, 3.63) is 24.3 Å². The number of nitrogens with two attached hydrogens (primary N) is 1. The van der Waals surface area contributed by atoms with Crippen molar-refractivity contribution in [1.82, 2.24) is 4.90 Å². The number of nitrogen functional groups attached to an aromatic ring is 1. The lowest BCUT2D eigenvalue weighted by molar-refractivity contribution is -0.0528. The largest absolute Gasteiger partial charge is 0.489 e. The van der Waals surface area contributed by atoms with E-state index in [2.05, 4.69) is 4.90 Å². The number of rotatable bonds is 5. The summed E-state index contributed by atoms with van der Waals surface area (Å²) < 4.78 is 11.4. The Kier molecular flexibility index (Phi) is 4.10. The summed E-state index contributed by atoms with van der Waals surface area (Å²) in [5, 5.41) is 10.1. The number of β-amino-alcohol motifs (C(OH)–C–C–N with tert-alkyl or cyclic N) is 1. The molecule has 0 amide bonds. The smallest absolute Gasteiger partial charge is 0.142 e. The van der Waals surface area contributed by atoms with E-state index in [1.807, 2.05) is 18.2 Å². The van der Waals surface area contributed by atoms with Gasteiger partial charge in [-0.05, 0) is 25.0 Å². The van der Waals surface area contributed by atoms with Gasteiger partial charge in [0.1, 0.15) is 18.5 Å². The molecule has 2 bridgehead atoms. The zero-order chi connectivity index (χ0) is 13.9. The quantitative estimate of drug-likeness (QED) is 0.782. The normalized spacial score (nSPS) is 27.4.